The van der Waals surface area contributed by atoms with Crippen LogP contribution in [0.4, 0.5) is 10.8 Å². The molecule has 2 amide bonds. The van der Waals surface area contributed by atoms with Crippen molar-refractivity contribution in [3.8, 4) is 0 Å². The lowest BCUT2D eigenvalue weighted by atomic mass is 10.2. The number of thioether (sulfide) groups is 1. The zero-order valence-corrected chi connectivity index (χ0v) is 17.9. The number of para-hydroxylation sites is 1. The molecule has 2 N–H and O–H groups in total. The van der Waals surface area contributed by atoms with Crippen LogP contribution in [0.25, 0.3) is 11.0 Å². The van der Waals surface area contributed by atoms with Crippen LogP contribution < -0.4 is 16.3 Å². The molecule has 0 aliphatic heterocycles. The van der Waals surface area contributed by atoms with Crippen LogP contribution in [-0.2, 0) is 4.79 Å². The van der Waals surface area contributed by atoms with E-state index in [1.54, 1.807) is 24.3 Å². The Labute approximate surface area is 184 Å². The van der Waals surface area contributed by atoms with Crippen molar-refractivity contribution in [3.63, 3.8) is 0 Å². The van der Waals surface area contributed by atoms with Gasteiger partial charge in [-0.1, -0.05) is 53.4 Å². The highest BCUT2D eigenvalue weighted by molar-refractivity contribution is 8.01. The van der Waals surface area contributed by atoms with Gasteiger partial charge in [0, 0.05) is 11.1 Å². The lowest BCUT2D eigenvalue weighted by Gasteiger charge is -2.04. The zero-order valence-electron chi connectivity index (χ0n) is 16.2. The standard InChI is InChI=1S/C21H16N4O4S2/c1-12-5-4-7-14(9-12)22-17(26)11-30-21-25-24-20(31-21)23-18(27)15-10-13-6-2-3-8-16(13)29-19(15)28/h2-10H,11H2,1H3,(H,22,26)(H,23,24,27). The van der Waals surface area contributed by atoms with Gasteiger partial charge in [0.05, 0.1) is 5.75 Å². The fourth-order valence-electron chi connectivity index (χ4n) is 2.75. The third-order valence-electron chi connectivity index (χ3n) is 4.14. The van der Waals surface area contributed by atoms with Crippen LogP contribution in [-0.4, -0.2) is 27.8 Å². The maximum absolute atomic E-state index is 12.5. The first-order chi connectivity index (χ1) is 15.0. The minimum atomic E-state index is -0.733. The monoisotopic (exact) mass is 452 g/mol. The summed E-state index contributed by atoms with van der Waals surface area (Å²) in [5.74, 6) is -0.667. The molecule has 8 nitrogen and oxygen atoms in total. The van der Waals surface area contributed by atoms with E-state index in [1.165, 1.54) is 17.8 Å². The van der Waals surface area contributed by atoms with Gasteiger partial charge in [0.25, 0.3) is 5.91 Å². The van der Waals surface area contributed by atoms with Gasteiger partial charge in [0.1, 0.15) is 11.1 Å². The first-order valence-electron chi connectivity index (χ1n) is 9.15. The summed E-state index contributed by atoms with van der Waals surface area (Å²) in [6.45, 7) is 1.95. The number of nitrogens with zero attached hydrogens (tertiary/aromatic N) is 2. The number of amides is 2. The molecule has 0 saturated heterocycles. The number of aromatic nitrogens is 2. The molecule has 0 atom stereocenters. The van der Waals surface area contributed by atoms with Crippen molar-refractivity contribution in [3.05, 3.63) is 76.1 Å². The second-order valence-corrected chi connectivity index (χ2v) is 8.72. The van der Waals surface area contributed by atoms with Gasteiger partial charge in [0.15, 0.2) is 4.34 Å². The molecular weight excluding hydrogens is 436 g/mol. The summed E-state index contributed by atoms with van der Waals surface area (Å²) in [4.78, 5) is 36.7. The number of rotatable bonds is 6. The normalized spacial score (nSPS) is 10.7. The smallest absolute Gasteiger partial charge is 0.349 e. The average Bonchev–Trinajstić information content (AvgIpc) is 3.19. The van der Waals surface area contributed by atoms with Crippen LogP contribution in [0.15, 0.2) is 68.1 Å². The van der Waals surface area contributed by atoms with Gasteiger partial charge in [-0.3, -0.25) is 14.9 Å². The molecule has 0 aliphatic rings. The zero-order chi connectivity index (χ0) is 21.8. The van der Waals surface area contributed by atoms with Crippen LogP contribution in [0.5, 0.6) is 0 Å². The van der Waals surface area contributed by atoms with E-state index in [2.05, 4.69) is 20.8 Å². The number of carbonyl (C=O) groups excluding carboxylic acids is 2. The van der Waals surface area contributed by atoms with E-state index in [9.17, 15) is 14.4 Å². The topological polar surface area (TPSA) is 114 Å². The number of hydrogen-bond donors (Lipinski definition) is 2. The molecular formula is C21H16N4O4S2. The highest BCUT2D eigenvalue weighted by atomic mass is 32.2. The van der Waals surface area contributed by atoms with Gasteiger partial charge in [-0.25, -0.2) is 4.79 Å². The largest absolute Gasteiger partial charge is 0.422 e. The van der Waals surface area contributed by atoms with Crippen molar-refractivity contribution in [1.82, 2.24) is 10.2 Å². The van der Waals surface area contributed by atoms with Crippen LogP contribution in [0.3, 0.4) is 0 Å². The summed E-state index contributed by atoms with van der Waals surface area (Å²) in [5, 5.41) is 14.1. The van der Waals surface area contributed by atoms with Crippen LogP contribution in [0.2, 0.25) is 0 Å². The molecule has 2 aromatic heterocycles. The van der Waals surface area contributed by atoms with Crippen molar-refractivity contribution in [2.24, 2.45) is 0 Å². The van der Waals surface area contributed by atoms with Crippen molar-refractivity contribution in [2.45, 2.75) is 11.3 Å². The fraction of sp³-hybridized carbons (Fsp3) is 0.0952. The van der Waals surface area contributed by atoms with Gasteiger partial charge in [-0.15, -0.1) is 10.2 Å². The Bertz CT molecular complexity index is 1330. The molecule has 0 unspecified atom stereocenters. The van der Waals surface area contributed by atoms with Crippen molar-refractivity contribution >= 4 is 56.7 Å². The molecule has 4 aromatic rings. The summed E-state index contributed by atoms with van der Waals surface area (Å²) >= 11 is 2.31. The van der Waals surface area contributed by atoms with Gasteiger partial charge in [-0.2, -0.15) is 0 Å². The highest BCUT2D eigenvalue weighted by Crippen LogP contribution is 2.26. The number of fused-ring (bicyclic) bond motifs is 1. The lowest BCUT2D eigenvalue weighted by Crippen LogP contribution is -2.20. The van der Waals surface area contributed by atoms with Gasteiger partial charge < -0.3 is 9.73 Å². The predicted molar refractivity (Wildman–Crippen MR) is 121 cm³/mol. The Hall–Kier alpha value is -3.50. The van der Waals surface area contributed by atoms with Crippen LogP contribution in [0, 0.1) is 6.92 Å². The van der Waals surface area contributed by atoms with E-state index < -0.39 is 11.5 Å². The van der Waals surface area contributed by atoms with Gasteiger partial charge in [-0.05, 0) is 36.8 Å². The molecule has 0 fully saturated rings. The minimum Gasteiger partial charge on any atom is -0.422 e. The summed E-state index contributed by atoms with van der Waals surface area (Å²) < 4.78 is 5.69. The van der Waals surface area contributed by atoms with Crippen LogP contribution >= 0.6 is 23.1 Å². The third-order valence-corrected chi connectivity index (χ3v) is 6.11. The Morgan fingerprint density at radius 2 is 1.90 bits per heavy atom. The Balaban J connectivity index is 1.36. The van der Waals surface area contributed by atoms with E-state index in [4.69, 9.17) is 4.42 Å². The summed E-state index contributed by atoms with van der Waals surface area (Å²) in [5.41, 5.74) is 1.33. The molecule has 156 valence electrons. The molecule has 0 spiro atoms. The minimum absolute atomic E-state index is 0.124. The molecule has 0 aliphatic carbocycles. The lowest BCUT2D eigenvalue weighted by molar-refractivity contribution is -0.113. The number of benzene rings is 2. The Morgan fingerprint density at radius 1 is 1.06 bits per heavy atom. The van der Waals surface area contributed by atoms with E-state index in [0.717, 1.165) is 22.6 Å². The Kier molecular flexibility index (Phi) is 6.10. The molecule has 2 heterocycles. The van der Waals surface area contributed by atoms with E-state index in [-0.39, 0.29) is 22.4 Å². The molecule has 2 aromatic carbocycles. The van der Waals surface area contributed by atoms with Gasteiger partial charge >= 0.3 is 5.63 Å². The Morgan fingerprint density at radius 3 is 2.74 bits per heavy atom. The quantitative estimate of drug-likeness (QED) is 0.259. The van der Waals surface area contributed by atoms with E-state index in [0.29, 0.717) is 15.3 Å². The third kappa shape index (κ3) is 5.16. The van der Waals surface area contributed by atoms with Gasteiger partial charge in [0.2, 0.25) is 11.0 Å². The molecule has 4 rings (SSSR count). The molecule has 31 heavy (non-hydrogen) atoms. The average molecular weight is 453 g/mol. The maximum atomic E-state index is 12.5. The van der Waals surface area contributed by atoms with E-state index >= 15 is 0 Å². The van der Waals surface area contributed by atoms with E-state index in [1.807, 2.05) is 31.2 Å². The summed E-state index contributed by atoms with van der Waals surface area (Å²) in [6, 6.07) is 15.9. The maximum Gasteiger partial charge on any atom is 0.349 e. The predicted octanol–water partition coefficient (Wildman–Crippen LogP) is 3.94. The SMILES string of the molecule is Cc1cccc(NC(=O)CSc2nnc(NC(=O)c3cc4ccccc4oc3=O)s2)c1. The highest BCUT2D eigenvalue weighted by Gasteiger charge is 2.16. The number of carbonyl (C=O) groups is 2. The molecule has 10 heteroatoms. The van der Waals surface area contributed by atoms with Crippen molar-refractivity contribution in [1.29, 1.82) is 0 Å². The summed E-state index contributed by atoms with van der Waals surface area (Å²) in [6.07, 6.45) is 0. The first kappa shape index (κ1) is 20.8. The second-order valence-electron chi connectivity index (χ2n) is 6.52. The van der Waals surface area contributed by atoms with Crippen molar-refractivity contribution < 1.29 is 14.0 Å². The number of hydrogen-bond acceptors (Lipinski definition) is 8. The first-order valence-corrected chi connectivity index (χ1v) is 11.0. The molecule has 0 radical (unpaired) electrons. The summed E-state index contributed by atoms with van der Waals surface area (Å²) in [7, 11) is 0. The van der Waals surface area contributed by atoms with Crippen molar-refractivity contribution in [2.75, 3.05) is 16.4 Å². The molecule has 0 saturated carbocycles. The number of nitrogens with one attached hydrogen (secondary N) is 2. The number of aryl methyl sites for hydroxylation is 1. The second kappa shape index (κ2) is 9.11. The molecule has 0 bridgehead atoms. The van der Waals surface area contributed by atoms with Crippen LogP contribution in [0.1, 0.15) is 15.9 Å². The fourth-order valence-corrected chi connectivity index (χ4v) is 4.30. The number of anilines is 2.